The van der Waals surface area contributed by atoms with Gasteiger partial charge in [-0.05, 0) is 56.5 Å². The number of sulfonamides is 1. The topological polar surface area (TPSA) is 105 Å². The number of unbranched alkanes of at least 4 members (excludes halogenated alkanes) is 1. The van der Waals surface area contributed by atoms with E-state index in [1.54, 1.807) is 25.7 Å². The number of alkyl carbamates (subject to hydrolysis) is 1. The lowest BCUT2D eigenvalue weighted by molar-refractivity contribution is -0.154. The Hall–Kier alpha value is -2.00. The van der Waals surface area contributed by atoms with E-state index in [0.717, 1.165) is 9.75 Å². The molecule has 2 aromatic heterocycles. The average Bonchev–Trinajstić information content (AvgIpc) is 3.44. The molecule has 0 bridgehead atoms. The lowest BCUT2D eigenvalue weighted by atomic mass is 10.0. The molecule has 0 aliphatic carbocycles. The molecule has 36 heavy (non-hydrogen) atoms. The van der Waals surface area contributed by atoms with Crippen molar-refractivity contribution in [2.45, 2.75) is 69.9 Å². The monoisotopic (exact) mass is 569 g/mol. The number of amides is 1. The maximum Gasteiger partial charge on any atom is 0.511 e. The Morgan fingerprint density at radius 2 is 1.61 bits per heavy atom. The number of rotatable bonds is 13. The van der Waals surface area contributed by atoms with E-state index >= 15 is 0 Å². The molecule has 0 spiro atoms. The molecule has 8 nitrogen and oxygen atoms in total. The minimum Gasteiger partial charge on any atom is -0.420 e. The van der Waals surface area contributed by atoms with Gasteiger partial charge in [-0.1, -0.05) is 12.1 Å². The standard InChI is InChI=1S/C22H30F3N3O5S3/c1-20(2,3)27-19(30)33-21(16-29,10-4-5-11-26-36(31,32)22(23,24)25)28(14-17-8-6-12-34-17)15-18-9-7-13-35-18/h6-9,12-13,16,26H,4-5,10-11,14-15H2,1-3H3,(H,27,30)/t21-/m0/s1. The van der Waals surface area contributed by atoms with E-state index in [-0.39, 0.29) is 32.4 Å². The summed E-state index contributed by atoms with van der Waals surface area (Å²) < 4.78 is 67.4. The zero-order chi connectivity index (χ0) is 27.0. The van der Waals surface area contributed by atoms with Gasteiger partial charge in [-0.3, -0.25) is 4.79 Å². The average molecular weight is 570 g/mol. The molecule has 1 amide bonds. The van der Waals surface area contributed by atoms with Crippen LogP contribution in [0, 0.1) is 0 Å². The van der Waals surface area contributed by atoms with Gasteiger partial charge < -0.3 is 10.1 Å². The van der Waals surface area contributed by atoms with E-state index in [9.17, 15) is 31.2 Å². The fourth-order valence-corrected chi connectivity index (χ4v) is 5.24. The van der Waals surface area contributed by atoms with Crippen LogP contribution in [0.25, 0.3) is 0 Å². The molecular weight excluding hydrogens is 539 g/mol. The zero-order valence-electron chi connectivity index (χ0n) is 20.1. The number of carbonyl (C=O) groups is 2. The quantitative estimate of drug-likeness (QED) is 0.203. The third kappa shape index (κ3) is 9.14. The lowest BCUT2D eigenvalue weighted by Crippen LogP contribution is -2.55. The lowest BCUT2D eigenvalue weighted by Gasteiger charge is -2.39. The number of thiophene rings is 2. The second-order valence-electron chi connectivity index (χ2n) is 9.04. The van der Waals surface area contributed by atoms with Gasteiger partial charge in [0.25, 0.3) is 0 Å². The predicted octanol–water partition coefficient (Wildman–Crippen LogP) is 4.84. The summed E-state index contributed by atoms with van der Waals surface area (Å²) in [6, 6.07) is 7.46. The number of nitrogens with one attached hydrogen (secondary N) is 2. The van der Waals surface area contributed by atoms with Crippen LogP contribution in [0.4, 0.5) is 18.0 Å². The maximum absolute atomic E-state index is 12.7. The van der Waals surface area contributed by atoms with Gasteiger partial charge in [0.05, 0.1) is 0 Å². The largest absolute Gasteiger partial charge is 0.511 e. The van der Waals surface area contributed by atoms with Crippen LogP contribution in [0.5, 0.6) is 0 Å². The molecule has 2 N–H and O–H groups in total. The SMILES string of the molecule is CC(C)(C)NC(=O)O[C@](C=O)(CCCCNS(=O)(=O)C(F)(F)F)N(Cc1cccs1)Cc1cccs1. The van der Waals surface area contributed by atoms with E-state index in [1.165, 1.54) is 27.4 Å². The van der Waals surface area contributed by atoms with Crippen molar-refractivity contribution in [2.24, 2.45) is 0 Å². The Morgan fingerprint density at radius 3 is 2.03 bits per heavy atom. The fourth-order valence-electron chi connectivity index (χ4n) is 3.22. The van der Waals surface area contributed by atoms with Gasteiger partial charge in [0, 0.05) is 41.3 Å². The highest BCUT2D eigenvalue weighted by Crippen LogP contribution is 2.30. The molecular formula is C22H30F3N3O5S3. The summed E-state index contributed by atoms with van der Waals surface area (Å²) in [7, 11) is -5.47. The number of nitrogens with zero attached hydrogens (tertiary/aromatic N) is 1. The number of ether oxygens (including phenoxy) is 1. The van der Waals surface area contributed by atoms with Gasteiger partial charge in [0.1, 0.15) is 0 Å². The smallest absolute Gasteiger partial charge is 0.420 e. The van der Waals surface area contributed by atoms with E-state index in [2.05, 4.69) is 5.32 Å². The number of carbonyl (C=O) groups excluding carboxylic acids is 2. The summed E-state index contributed by atoms with van der Waals surface area (Å²) in [4.78, 5) is 28.9. The van der Waals surface area contributed by atoms with Crippen LogP contribution in [-0.4, -0.2) is 49.0 Å². The summed E-state index contributed by atoms with van der Waals surface area (Å²) in [5.41, 5.74) is -7.80. The first-order valence-electron chi connectivity index (χ1n) is 11.0. The predicted molar refractivity (Wildman–Crippen MR) is 133 cm³/mol. The van der Waals surface area contributed by atoms with Gasteiger partial charge in [-0.25, -0.2) is 22.8 Å². The minimum atomic E-state index is -5.47. The third-order valence-electron chi connectivity index (χ3n) is 4.88. The molecule has 202 valence electrons. The minimum absolute atomic E-state index is 0.0129. The summed E-state index contributed by atoms with van der Waals surface area (Å²) in [5, 5.41) is 6.41. The number of hydrogen-bond donors (Lipinski definition) is 2. The van der Waals surface area contributed by atoms with E-state index in [0.29, 0.717) is 6.29 Å². The van der Waals surface area contributed by atoms with Crippen molar-refractivity contribution >= 4 is 45.1 Å². The first kappa shape index (κ1) is 30.2. The molecule has 2 aromatic rings. The Labute approximate surface area is 216 Å². The van der Waals surface area contributed by atoms with Gasteiger partial charge in [-0.2, -0.15) is 13.2 Å². The number of aldehydes is 1. The van der Waals surface area contributed by atoms with Crippen molar-refractivity contribution in [3.05, 3.63) is 44.8 Å². The Morgan fingerprint density at radius 1 is 1.06 bits per heavy atom. The molecule has 0 radical (unpaired) electrons. The third-order valence-corrected chi connectivity index (χ3v) is 7.79. The summed E-state index contributed by atoms with van der Waals surface area (Å²) >= 11 is 2.93. The van der Waals surface area contributed by atoms with Crippen LogP contribution in [0.3, 0.4) is 0 Å². The van der Waals surface area contributed by atoms with Gasteiger partial charge in [0.15, 0.2) is 6.29 Å². The number of hydrogen-bond acceptors (Lipinski definition) is 8. The molecule has 2 rings (SSSR count). The van der Waals surface area contributed by atoms with Gasteiger partial charge in [0.2, 0.25) is 5.72 Å². The summed E-state index contributed by atoms with van der Waals surface area (Å²) in [5.74, 6) is 0. The summed E-state index contributed by atoms with van der Waals surface area (Å²) in [6.45, 7) is 5.31. The molecule has 0 aliphatic heterocycles. The Bertz CT molecular complexity index is 1030. The van der Waals surface area contributed by atoms with Crippen LogP contribution < -0.4 is 10.0 Å². The molecule has 0 aliphatic rings. The molecule has 0 fully saturated rings. The molecule has 0 aromatic carbocycles. The van der Waals surface area contributed by atoms with Crippen LogP contribution >= 0.6 is 22.7 Å². The highest BCUT2D eigenvalue weighted by atomic mass is 32.2. The molecule has 14 heteroatoms. The van der Waals surface area contributed by atoms with Crippen molar-refractivity contribution in [1.82, 2.24) is 14.9 Å². The van der Waals surface area contributed by atoms with E-state index in [1.807, 2.05) is 35.0 Å². The van der Waals surface area contributed by atoms with Crippen molar-refractivity contribution in [1.29, 1.82) is 0 Å². The number of halogens is 3. The zero-order valence-corrected chi connectivity index (χ0v) is 22.6. The number of alkyl halides is 3. The van der Waals surface area contributed by atoms with Crippen LogP contribution in [0.15, 0.2) is 35.0 Å². The normalized spacial score (nSPS) is 14.4. The van der Waals surface area contributed by atoms with Crippen LogP contribution in [-0.2, 0) is 32.6 Å². The fraction of sp³-hybridized carbons (Fsp3) is 0.545. The Kier molecular flexibility index (Phi) is 10.5. The molecule has 0 saturated carbocycles. The molecule has 0 saturated heterocycles. The molecule has 1 atom stereocenters. The van der Waals surface area contributed by atoms with Gasteiger partial charge >= 0.3 is 21.6 Å². The second-order valence-corrected chi connectivity index (χ2v) is 12.9. The molecule has 0 unspecified atom stereocenters. The van der Waals surface area contributed by atoms with Crippen molar-refractivity contribution in [3.8, 4) is 0 Å². The second kappa shape index (κ2) is 12.5. The van der Waals surface area contributed by atoms with Gasteiger partial charge in [-0.15, -0.1) is 22.7 Å². The van der Waals surface area contributed by atoms with E-state index in [4.69, 9.17) is 4.74 Å². The van der Waals surface area contributed by atoms with Crippen LogP contribution in [0.1, 0.15) is 49.8 Å². The highest BCUT2D eigenvalue weighted by Gasteiger charge is 2.45. The van der Waals surface area contributed by atoms with Crippen molar-refractivity contribution < 1.29 is 35.9 Å². The Balaban J connectivity index is 2.26. The molecule has 2 heterocycles. The highest BCUT2D eigenvalue weighted by molar-refractivity contribution is 7.90. The van der Waals surface area contributed by atoms with E-state index < -0.39 is 39.4 Å². The van der Waals surface area contributed by atoms with Crippen LogP contribution in [0.2, 0.25) is 0 Å². The summed E-state index contributed by atoms with van der Waals surface area (Å²) in [6.07, 6.45) is -0.266. The maximum atomic E-state index is 12.7. The first-order chi connectivity index (χ1) is 16.7. The first-order valence-corrected chi connectivity index (χ1v) is 14.2. The van der Waals surface area contributed by atoms with Crippen molar-refractivity contribution in [3.63, 3.8) is 0 Å². The van der Waals surface area contributed by atoms with Crippen molar-refractivity contribution in [2.75, 3.05) is 6.54 Å².